The Morgan fingerprint density at radius 3 is 2.68 bits per heavy atom. The standard InChI is InChI=1S/C15H18F2N2O3/c1-15(2,3)22-14(21)18-11-5-4-8-6-9(16)7-10(17)12(8)19-13(11)20/h6-7,11H,4-5H2,1-3H3,(H,18,21)(H,19,20)/t11-/m0/s1. The lowest BCUT2D eigenvalue weighted by molar-refractivity contribution is -0.118. The average molecular weight is 312 g/mol. The van der Waals surface area contributed by atoms with Crippen LogP contribution in [-0.2, 0) is 16.0 Å². The van der Waals surface area contributed by atoms with Crippen molar-refractivity contribution in [1.29, 1.82) is 0 Å². The maximum Gasteiger partial charge on any atom is 0.408 e. The molecule has 0 saturated heterocycles. The van der Waals surface area contributed by atoms with Crippen molar-refractivity contribution in [2.75, 3.05) is 5.32 Å². The Bertz CT molecular complexity index is 612. The zero-order valence-electron chi connectivity index (χ0n) is 12.6. The molecule has 120 valence electrons. The summed E-state index contributed by atoms with van der Waals surface area (Å²) in [5.74, 6) is -2.10. The Balaban J connectivity index is 2.12. The molecule has 1 aliphatic heterocycles. The van der Waals surface area contributed by atoms with Gasteiger partial charge in [-0.05, 0) is 45.2 Å². The van der Waals surface area contributed by atoms with Crippen molar-refractivity contribution in [3.05, 3.63) is 29.3 Å². The number of carbonyl (C=O) groups is 2. The van der Waals surface area contributed by atoms with Gasteiger partial charge in [0, 0.05) is 6.07 Å². The second-order valence-corrected chi connectivity index (χ2v) is 6.15. The number of rotatable bonds is 1. The van der Waals surface area contributed by atoms with Gasteiger partial charge in [0.1, 0.15) is 23.3 Å². The van der Waals surface area contributed by atoms with Crippen LogP contribution in [-0.4, -0.2) is 23.6 Å². The molecule has 1 aromatic rings. The van der Waals surface area contributed by atoms with Gasteiger partial charge >= 0.3 is 6.09 Å². The molecule has 2 rings (SSSR count). The van der Waals surface area contributed by atoms with E-state index in [1.807, 2.05) is 0 Å². The monoisotopic (exact) mass is 312 g/mol. The summed E-state index contributed by atoms with van der Waals surface area (Å²) >= 11 is 0. The number of halogens is 2. The van der Waals surface area contributed by atoms with Crippen molar-refractivity contribution in [1.82, 2.24) is 5.32 Å². The number of anilines is 1. The van der Waals surface area contributed by atoms with Gasteiger partial charge in [-0.15, -0.1) is 0 Å². The molecule has 1 aromatic carbocycles. The van der Waals surface area contributed by atoms with E-state index in [-0.39, 0.29) is 18.5 Å². The normalized spacial score (nSPS) is 18.0. The van der Waals surface area contributed by atoms with Crippen molar-refractivity contribution in [3.63, 3.8) is 0 Å². The van der Waals surface area contributed by atoms with E-state index in [1.54, 1.807) is 20.8 Å². The highest BCUT2D eigenvalue weighted by molar-refractivity contribution is 5.98. The molecule has 1 atom stereocenters. The molecule has 2 amide bonds. The van der Waals surface area contributed by atoms with Crippen LogP contribution >= 0.6 is 0 Å². The second kappa shape index (κ2) is 5.90. The minimum absolute atomic E-state index is 0.0418. The fourth-order valence-corrected chi connectivity index (χ4v) is 2.19. The van der Waals surface area contributed by atoms with Crippen LogP contribution in [0.4, 0.5) is 19.3 Å². The molecule has 0 aromatic heterocycles. The second-order valence-electron chi connectivity index (χ2n) is 6.15. The molecule has 0 aliphatic carbocycles. The SMILES string of the molecule is CC(C)(C)OC(=O)N[C@H]1CCc2cc(F)cc(F)c2NC1=O. The molecule has 0 spiro atoms. The summed E-state index contributed by atoms with van der Waals surface area (Å²) in [4.78, 5) is 23.8. The van der Waals surface area contributed by atoms with Gasteiger partial charge in [0.05, 0.1) is 5.69 Å². The quantitative estimate of drug-likeness (QED) is 0.838. The van der Waals surface area contributed by atoms with Crippen LogP contribution in [0, 0.1) is 11.6 Å². The van der Waals surface area contributed by atoms with Gasteiger partial charge < -0.3 is 15.4 Å². The van der Waals surface area contributed by atoms with Crippen molar-refractivity contribution >= 4 is 17.7 Å². The number of hydrogen-bond acceptors (Lipinski definition) is 3. The zero-order valence-corrected chi connectivity index (χ0v) is 12.6. The number of benzene rings is 1. The molecule has 0 fully saturated rings. The van der Waals surface area contributed by atoms with E-state index >= 15 is 0 Å². The summed E-state index contributed by atoms with van der Waals surface area (Å²) in [6.45, 7) is 5.11. The van der Waals surface area contributed by atoms with E-state index in [9.17, 15) is 18.4 Å². The number of ether oxygens (including phenoxy) is 1. The lowest BCUT2D eigenvalue weighted by atomic mass is 10.1. The average Bonchev–Trinajstić information content (AvgIpc) is 2.49. The molecule has 0 unspecified atom stereocenters. The van der Waals surface area contributed by atoms with Crippen molar-refractivity contribution in [2.45, 2.75) is 45.3 Å². The summed E-state index contributed by atoms with van der Waals surface area (Å²) in [6, 6.07) is 1.01. The Morgan fingerprint density at radius 2 is 2.05 bits per heavy atom. The first-order valence-corrected chi connectivity index (χ1v) is 6.94. The van der Waals surface area contributed by atoms with Gasteiger partial charge in [0.15, 0.2) is 0 Å². The molecule has 5 nitrogen and oxygen atoms in total. The van der Waals surface area contributed by atoms with Crippen molar-refractivity contribution in [3.8, 4) is 0 Å². The molecule has 0 bridgehead atoms. The smallest absolute Gasteiger partial charge is 0.408 e. The summed E-state index contributed by atoms with van der Waals surface area (Å²) < 4.78 is 32.1. The number of hydrogen-bond donors (Lipinski definition) is 2. The Kier molecular flexibility index (Phi) is 4.35. The molecule has 7 heteroatoms. The highest BCUT2D eigenvalue weighted by Gasteiger charge is 2.28. The summed E-state index contributed by atoms with van der Waals surface area (Å²) in [6.07, 6.45) is -0.255. The van der Waals surface area contributed by atoms with Crippen LogP contribution in [0.25, 0.3) is 0 Å². The Labute approximate surface area is 127 Å². The summed E-state index contributed by atoms with van der Waals surface area (Å²) in [5.41, 5.74) is -0.372. The molecular weight excluding hydrogens is 294 g/mol. The van der Waals surface area contributed by atoms with E-state index in [2.05, 4.69) is 10.6 Å². The minimum Gasteiger partial charge on any atom is -0.444 e. The fraction of sp³-hybridized carbons (Fsp3) is 0.467. The molecular formula is C15H18F2N2O3. The van der Waals surface area contributed by atoms with E-state index < -0.39 is 35.3 Å². The highest BCUT2D eigenvalue weighted by atomic mass is 19.1. The number of aryl methyl sites for hydroxylation is 1. The van der Waals surface area contributed by atoms with Gasteiger partial charge in [-0.3, -0.25) is 4.79 Å². The summed E-state index contributed by atoms with van der Waals surface area (Å²) in [5, 5.41) is 4.83. The van der Waals surface area contributed by atoms with Crippen molar-refractivity contribution in [2.24, 2.45) is 0 Å². The lowest BCUT2D eigenvalue weighted by Gasteiger charge is -2.22. The number of nitrogens with one attached hydrogen (secondary N) is 2. The van der Waals surface area contributed by atoms with E-state index in [0.717, 1.165) is 0 Å². The molecule has 1 heterocycles. The predicted octanol–water partition coefficient (Wildman–Crippen LogP) is 2.74. The van der Waals surface area contributed by atoms with Gasteiger partial charge in [0.2, 0.25) is 5.91 Å². The lowest BCUT2D eigenvalue weighted by Crippen LogP contribution is -2.45. The summed E-state index contributed by atoms with van der Waals surface area (Å²) in [7, 11) is 0. The van der Waals surface area contributed by atoms with Crippen LogP contribution in [0.5, 0.6) is 0 Å². The van der Waals surface area contributed by atoms with Gasteiger partial charge in [-0.25, -0.2) is 13.6 Å². The molecule has 22 heavy (non-hydrogen) atoms. The first kappa shape index (κ1) is 16.2. The third-order valence-electron chi connectivity index (χ3n) is 3.09. The van der Waals surface area contributed by atoms with Gasteiger partial charge in [0.25, 0.3) is 0 Å². The largest absolute Gasteiger partial charge is 0.444 e. The van der Waals surface area contributed by atoms with Crippen LogP contribution < -0.4 is 10.6 Å². The van der Waals surface area contributed by atoms with Crippen LogP contribution in [0.15, 0.2) is 12.1 Å². The van der Waals surface area contributed by atoms with Gasteiger partial charge in [-0.2, -0.15) is 0 Å². The van der Waals surface area contributed by atoms with Gasteiger partial charge in [-0.1, -0.05) is 0 Å². The van der Waals surface area contributed by atoms with E-state index in [1.165, 1.54) is 6.07 Å². The number of amides is 2. The molecule has 0 radical (unpaired) electrons. The Hall–Kier alpha value is -2.18. The maximum atomic E-state index is 13.7. The molecule has 1 aliphatic rings. The highest BCUT2D eigenvalue weighted by Crippen LogP contribution is 2.26. The number of carbonyl (C=O) groups excluding carboxylic acids is 2. The maximum absolute atomic E-state index is 13.7. The Morgan fingerprint density at radius 1 is 1.36 bits per heavy atom. The fourth-order valence-electron chi connectivity index (χ4n) is 2.19. The first-order chi connectivity index (χ1) is 10.2. The number of fused-ring (bicyclic) bond motifs is 1. The van der Waals surface area contributed by atoms with Crippen molar-refractivity contribution < 1.29 is 23.1 Å². The van der Waals surface area contributed by atoms with Crippen LogP contribution in [0.1, 0.15) is 32.8 Å². The third kappa shape index (κ3) is 3.93. The van der Waals surface area contributed by atoms with E-state index in [4.69, 9.17) is 4.74 Å². The predicted molar refractivity (Wildman–Crippen MR) is 76.5 cm³/mol. The first-order valence-electron chi connectivity index (χ1n) is 6.94. The van der Waals surface area contributed by atoms with Crippen LogP contribution in [0.3, 0.4) is 0 Å². The zero-order chi connectivity index (χ0) is 16.5. The third-order valence-corrected chi connectivity index (χ3v) is 3.09. The minimum atomic E-state index is -0.871. The molecule has 0 saturated carbocycles. The number of alkyl carbamates (subject to hydrolysis) is 1. The molecule has 2 N–H and O–H groups in total. The van der Waals surface area contributed by atoms with E-state index in [0.29, 0.717) is 11.6 Å². The van der Waals surface area contributed by atoms with Crippen LogP contribution in [0.2, 0.25) is 0 Å². The topological polar surface area (TPSA) is 67.4 Å².